The molecule has 6 nitrogen and oxygen atoms in total. The van der Waals surface area contributed by atoms with E-state index in [1.807, 2.05) is 0 Å². The Labute approximate surface area is 127 Å². The van der Waals surface area contributed by atoms with Gasteiger partial charge in [-0.25, -0.2) is 0 Å². The van der Waals surface area contributed by atoms with Gasteiger partial charge in [-0.3, -0.25) is 9.59 Å². The summed E-state index contributed by atoms with van der Waals surface area (Å²) >= 11 is 1.30. The fourth-order valence-electron chi connectivity index (χ4n) is 2.30. The predicted molar refractivity (Wildman–Crippen MR) is 78.0 cm³/mol. The second-order valence-electron chi connectivity index (χ2n) is 4.85. The van der Waals surface area contributed by atoms with E-state index in [9.17, 15) is 9.59 Å². The van der Waals surface area contributed by atoms with Gasteiger partial charge in [0.1, 0.15) is 10.6 Å². The van der Waals surface area contributed by atoms with E-state index in [1.165, 1.54) is 18.4 Å². The Morgan fingerprint density at radius 1 is 1.57 bits per heavy atom. The number of hydrogen-bond acceptors (Lipinski definition) is 5. The van der Waals surface area contributed by atoms with Crippen molar-refractivity contribution >= 4 is 23.2 Å². The molecule has 1 atom stereocenters. The molecule has 0 unspecified atom stereocenters. The molecule has 0 aromatic carbocycles. The Hall–Kier alpha value is -1.60. The maximum atomic E-state index is 12.6. The Kier molecular flexibility index (Phi) is 5.58. The van der Waals surface area contributed by atoms with Crippen LogP contribution in [-0.4, -0.2) is 54.8 Å². The first kappa shape index (κ1) is 15.8. The lowest BCUT2D eigenvalue weighted by Gasteiger charge is -2.24. The van der Waals surface area contributed by atoms with Crippen molar-refractivity contribution in [1.82, 2.24) is 4.90 Å². The second-order valence-corrected chi connectivity index (χ2v) is 5.76. The number of carboxylic acids is 1. The van der Waals surface area contributed by atoms with Crippen LogP contribution in [-0.2, 0) is 9.53 Å². The minimum atomic E-state index is -0.918. The molecular weight excluding hydrogens is 294 g/mol. The summed E-state index contributed by atoms with van der Waals surface area (Å²) in [4.78, 5) is 25.4. The third kappa shape index (κ3) is 4.18. The zero-order chi connectivity index (χ0) is 15.2. The lowest BCUT2D eigenvalue weighted by Crippen LogP contribution is -2.38. The highest BCUT2D eigenvalue weighted by Gasteiger charge is 2.26. The van der Waals surface area contributed by atoms with E-state index in [1.54, 1.807) is 16.3 Å². The molecule has 0 saturated carbocycles. The van der Waals surface area contributed by atoms with E-state index in [4.69, 9.17) is 14.6 Å². The molecule has 21 heavy (non-hydrogen) atoms. The van der Waals surface area contributed by atoms with Crippen molar-refractivity contribution in [1.29, 1.82) is 0 Å². The molecule has 1 fully saturated rings. The monoisotopic (exact) mass is 313 g/mol. The van der Waals surface area contributed by atoms with Crippen LogP contribution < -0.4 is 4.74 Å². The number of nitrogens with zero attached hydrogens (tertiary/aromatic N) is 1. The van der Waals surface area contributed by atoms with Gasteiger partial charge in [0.2, 0.25) is 0 Å². The number of thiophene rings is 1. The van der Waals surface area contributed by atoms with Crippen LogP contribution in [0.5, 0.6) is 5.75 Å². The highest BCUT2D eigenvalue weighted by atomic mass is 32.1. The summed E-state index contributed by atoms with van der Waals surface area (Å²) in [6.07, 6.45) is 1.80. The fraction of sp³-hybridized carbons (Fsp3) is 0.571. The lowest BCUT2D eigenvalue weighted by molar-refractivity contribution is -0.137. The SMILES string of the molecule is COc1ccsc1C(=O)N(CCC(=O)O)C[C@@H]1CCCO1. The Balaban J connectivity index is 2.08. The molecule has 2 heterocycles. The molecule has 1 aromatic rings. The Morgan fingerprint density at radius 2 is 2.38 bits per heavy atom. The third-order valence-electron chi connectivity index (χ3n) is 3.37. The fourth-order valence-corrected chi connectivity index (χ4v) is 3.12. The van der Waals surface area contributed by atoms with Crippen LogP contribution in [0.1, 0.15) is 28.9 Å². The van der Waals surface area contributed by atoms with Crippen molar-refractivity contribution in [2.24, 2.45) is 0 Å². The molecule has 0 radical (unpaired) electrons. The van der Waals surface area contributed by atoms with E-state index in [-0.39, 0.29) is 25.0 Å². The predicted octanol–water partition coefficient (Wildman–Crippen LogP) is 1.85. The molecule has 1 aliphatic heterocycles. The molecule has 1 amide bonds. The average Bonchev–Trinajstić information content (AvgIpc) is 3.13. The Bertz CT molecular complexity index is 495. The zero-order valence-electron chi connectivity index (χ0n) is 11.9. The molecule has 1 N–H and O–H groups in total. The van der Waals surface area contributed by atoms with Crippen LogP contribution in [0, 0.1) is 0 Å². The number of amides is 1. The third-order valence-corrected chi connectivity index (χ3v) is 4.26. The van der Waals surface area contributed by atoms with Crippen molar-refractivity contribution in [3.63, 3.8) is 0 Å². The number of methoxy groups -OCH3 is 1. The summed E-state index contributed by atoms with van der Waals surface area (Å²) in [5, 5.41) is 10.6. The maximum absolute atomic E-state index is 12.6. The number of rotatable bonds is 7. The first-order valence-electron chi connectivity index (χ1n) is 6.86. The number of carbonyl (C=O) groups excluding carboxylic acids is 1. The van der Waals surface area contributed by atoms with E-state index < -0.39 is 5.97 Å². The largest absolute Gasteiger partial charge is 0.495 e. The number of ether oxygens (including phenoxy) is 2. The van der Waals surface area contributed by atoms with Gasteiger partial charge in [-0.15, -0.1) is 11.3 Å². The van der Waals surface area contributed by atoms with Gasteiger partial charge in [-0.1, -0.05) is 0 Å². The normalized spacial score (nSPS) is 17.7. The van der Waals surface area contributed by atoms with Crippen LogP contribution in [0.4, 0.5) is 0 Å². The highest BCUT2D eigenvalue weighted by Crippen LogP contribution is 2.26. The number of carbonyl (C=O) groups is 2. The van der Waals surface area contributed by atoms with Crippen LogP contribution in [0.3, 0.4) is 0 Å². The molecule has 116 valence electrons. The number of hydrogen-bond donors (Lipinski definition) is 1. The molecule has 7 heteroatoms. The van der Waals surface area contributed by atoms with Crippen LogP contribution >= 0.6 is 11.3 Å². The van der Waals surface area contributed by atoms with E-state index >= 15 is 0 Å². The van der Waals surface area contributed by atoms with E-state index in [0.717, 1.165) is 12.8 Å². The van der Waals surface area contributed by atoms with Crippen molar-refractivity contribution in [3.05, 3.63) is 16.3 Å². The minimum absolute atomic E-state index is 0.00583. The lowest BCUT2D eigenvalue weighted by atomic mass is 10.2. The summed E-state index contributed by atoms with van der Waals surface area (Å²) in [6, 6.07) is 1.74. The van der Waals surface area contributed by atoms with Crippen molar-refractivity contribution in [3.8, 4) is 5.75 Å². The van der Waals surface area contributed by atoms with Crippen molar-refractivity contribution in [2.45, 2.75) is 25.4 Å². The summed E-state index contributed by atoms with van der Waals surface area (Å²) in [7, 11) is 1.51. The summed E-state index contributed by atoms with van der Waals surface area (Å²) in [6.45, 7) is 1.30. The minimum Gasteiger partial charge on any atom is -0.495 e. The number of aliphatic carboxylic acids is 1. The molecular formula is C14H19NO5S. The van der Waals surface area contributed by atoms with Crippen LogP contribution in [0.25, 0.3) is 0 Å². The van der Waals surface area contributed by atoms with Gasteiger partial charge in [-0.05, 0) is 24.3 Å². The van der Waals surface area contributed by atoms with Gasteiger partial charge in [0.15, 0.2) is 0 Å². The topological polar surface area (TPSA) is 76.1 Å². The Morgan fingerprint density at radius 3 is 3.00 bits per heavy atom. The molecule has 1 aliphatic rings. The van der Waals surface area contributed by atoms with Gasteiger partial charge < -0.3 is 19.5 Å². The maximum Gasteiger partial charge on any atom is 0.305 e. The molecule has 2 rings (SSSR count). The average molecular weight is 313 g/mol. The van der Waals surface area contributed by atoms with Crippen molar-refractivity contribution < 1.29 is 24.2 Å². The standard InChI is InChI=1S/C14H19NO5S/c1-19-11-5-8-21-13(11)14(18)15(6-4-12(16)17)9-10-3-2-7-20-10/h5,8,10H,2-4,6-7,9H2,1H3,(H,16,17)/t10-/m0/s1. The zero-order valence-corrected chi connectivity index (χ0v) is 12.7. The van der Waals surface area contributed by atoms with Gasteiger partial charge in [0.05, 0.1) is 19.6 Å². The van der Waals surface area contributed by atoms with Crippen molar-refractivity contribution in [2.75, 3.05) is 26.8 Å². The molecule has 0 aliphatic carbocycles. The van der Waals surface area contributed by atoms with Crippen LogP contribution in [0.2, 0.25) is 0 Å². The highest BCUT2D eigenvalue weighted by molar-refractivity contribution is 7.12. The van der Waals surface area contributed by atoms with Gasteiger partial charge >= 0.3 is 5.97 Å². The molecule has 1 aromatic heterocycles. The smallest absolute Gasteiger partial charge is 0.305 e. The quantitative estimate of drug-likeness (QED) is 0.831. The first-order valence-corrected chi connectivity index (χ1v) is 7.74. The van der Waals surface area contributed by atoms with Gasteiger partial charge in [0, 0.05) is 19.7 Å². The van der Waals surface area contributed by atoms with Gasteiger partial charge in [-0.2, -0.15) is 0 Å². The van der Waals surface area contributed by atoms with E-state index in [2.05, 4.69) is 0 Å². The van der Waals surface area contributed by atoms with Crippen LogP contribution in [0.15, 0.2) is 11.4 Å². The first-order chi connectivity index (χ1) is 10.1. The van der Waals surface area contributed by atoms with Gasteiger partial charge in [0.25, 0.3) is 5.91 Å². The second kappa shape index (κ2) is 7.42. The van der Waals surface area contributed by atoms with E-state index in [0.29, 0.717) is 23.8 Å². The molecule has 1 saturated heterocycles. The number of carboxylic acid groups (broad SMARTS) is 1. The molecule has 0 bridgehead atoms. The summed E-state index contributed by atoms with van der Waals surface area (Å²) in [5.41, 5.74) is 0. The summed E-state index contributed by atoms with van der Waals surface area (Å²) in [5.74, 6) is -0.588. The summed E-state index contributed by atoms with van der Waals surface area (Å²) < 4.78 is 10.7. The molecule has 0 spiro atoms.